The van der Waals surface area contributed by atoms with Crippen LogP contribution in [-0.2, 0) is 6.61 Å². The van der Waals surface area contributed by atoms with Crippen LogP contribution in [0.4, 0.5) is 5.82 Å². The van der Waals surface area contributed by atoms with Gasteiger partial charge in [0.1, 0.15) is 5.82 Å². The summed E-state index contributed by atoms with van der Waals surface area (Å²) in [6.07, 6.45) is 4.09. The van der Waals surface area contributed by atoms with Crippen LogP contribution < -0.4 is 4.90 Å². The Kier molecular flexibility index (Phi) is 4.00. The topological polar surface area (TPSA) is 36.4 Å². The summed E-state index contributed by atoms with van der Waals surface area (Å²) >= 11 is 0. The Morgan fingerprint density at radius 3 is 2.71 bits per heavy atom. The van der Waals surface area contributed by atoms with Crippen molar-refractivity contribution in [2.24, 2.45) is 5.92 Å². The van der Waals surface area contributed by atoms with E-state index in [2.05, 4.69) is 16.8 Å². The molecule has 0 aliphatic heterocycles. The van der Waals surface area contributed by atoms with E-state index in [-0.39, 0.29) is 6.61 Å². The van der Waals surface area contributed by atoms with E-state index in [0.29, 0.717) is 0 Å². The third-order valence-corrected chi connectivity index (χ3v) is 3.59. The molecular formula is C14H22N2O. The maximum Gasteiger partial charge on any atom is 0.129 e. The summed E-state index contributed by atoms with van der Waals surface area (Å²) in [7, 11) is 0. The van der Waals surface area contributed by atoms with Crippen LogP contribution in [0.25, 0.3) is 0 Å². The number of nitrogens with zero attached hydrogens (tertiary/aromatic N) is 2. The van der Waals surface area contributed by atoms with Crippen molar-refractivity contribution in [2.75, 3.05) is 18.0 Å². The third-order valence-electron chi connectivity index (χ3n) is 3.59. The van der Waals surface area contributed by atoms with E-state index in [1.165, 1.54) is 19.3 Å². The molecule has 3 nitrogen and oxygen atoms in total. The summed E-state index contributed by atoms with van der Waals surface area (Å²) in [5.41, 5.74) is 1.94. The molecule has 1 fully saturated rings. The Morgan fingerprint density at radius 2 is 2.18 bits per heavy atom. The minimum Gasteiger partial charge on any atom is -0.392 e. The number of pyridine rings is 1. The lowest BCUT2D eigenvalue weighted by Gasteiger charge is -2.32. The fourth-order valence-electron chi connectivity index (χ4n) is 2.35. The van der Waals surface area contributed by atoms with Crippen LogP contribution in [0.1, 0.15) is 37.4 Å². The zero-order chi connectivity index (χ0) is 12.3. The van der Waals surface area contributed by atoms with Crippen LogP contribution in [0.15, 0.2) is 12.1 Å². The smallest absolute Gasteiger partial charge is 0.129 e. The average molecular weight is 234 g/mol. The van der Waals surface area contributed by atoms with Gasteiger partial charge in [0.05, 0.1) is 6.61 Å². The van der Waals surface area contributed by atoms with Gasteiger partial charge in [0.2, 0.25) is 0 Å². The number of anilines is 1. The highest BCUT2D eigenvalue weighted by Gasteiger charge is 2.20. The second-order valence-corrected chi connectivity index (χ2v) is 4.97. The van der Waals surface area contributed by atoms with E-state index in [9.17, 15) is 5.11 Å². The monoisotopic (exact) mass is 234 g/mol. The highest BCUT2D eigenvalue weighted by molar-refractivity contribution is 5.42. The third kappa shape index (κ3) is 2.97. The zero-order valence-corrected chi connectivity index (χ0v) is 10.8. The Balaban J connectivity index is 2.13. The maximum atomic E-state index is 9.23. The Hall–Kier alpha value is -1.09. The van der Waals surface area contributed by atoms with E-state index >= 15 is 0 Å². The molecule has 3 heteroatoms. The molecule has 0 bridgehead atoms. The molecule has 94 valence electrons. The van der Waals surface area contributed by atoms with Gasteiger partial charge in [0.25, 0.3) is 0 Å². The minimum absolute atomic E-state index is 0.0946. The van der Waals surface area contributed by atoms with Crippen molar-refractivity contribution >= 4 is 5.82 Å². The van der Waals surface area contributed by atoms with E-state index < -0.39 is 0 Å². The fourth-order valence-corrected chi connectivity index (χ4v) is 2.35. The average Bonchev–Trinajstić information content (AvgIpc) is 2.27. The number of aromatic nitrogens is 1. The van der Waals surface area contributed by atoms with Gasteiger partial charge in [-0.15, -0.1) is 0 Å². The van der Waals surface area contributed by atoms with Gasteiger partial charge in [-0.1, -0.05) is 6.42 Å². The highest BCUT2D eigenvalue weighted by Crippen LogP contribution is 2.28. The van der Waals surface area contributed by atoms with E-state index in [1.807, 2.05) is 19.1 Å². The van der Waals surface area contributed by atoms with Crippen molar-refractivity contribution in [1.82, 2.24) is 4.98 Å². The van der Waals surface area contributed by atoms with Crippen molar-refractivity contribution in [3.63, 3.8) is 0 Å². The zero-order valence-electron chi connectivity index (χ0n) is 10.8. The summed E-state index contributed by atoms with van der Waals surface area (Å²) in [5.74, 6) is 1.86. The first-order valence-electron chi connectivity index (χ1n) is 6.56. The number of aliphatic hydroxyl groups excluding tert-OH is 1. The fraction of sp³-hybridized carbons (Fsp3) is 0.643. The van der Waals surface area contributed by atoms with E-state index in [1.54, 1.807) is 0 Å². The molecular weight excluding hydrogens is 212 g/mol. The van der Waals surface area contributed by atoms with E-state index in [0.717, 1.165) is 36.1 Å². The largest absolute Gasteiger partial charge is 0.392 e. The molecule has 1 heterocycles. The summed E-state index contributed by atoms with van der Waals surface area (Å²) in [6.45, 7) is 6.34. The number of rotatable bonds is 5. The van der Waals surface area contributed by atoms with Crippen molar-refractivity contribution in [3.8, 4) is 0 Å². The molecule has 1 N–H and O–H groups in total. The van der Waals surface area contributed by atoms with Gasteiger partial charge in [-0.3, -0.25) is 0 Å². The first-order valence-corrected chi connectivity index (χ1v) is 6.56. The molecule has 0 atom stereocenters. The molecule has 0 unspecified atom stereocenters. The maximum absolute atomic E-state index is 9.23. The molecule has 2 rings (SSSR count). The first kappa shape index (κ1) is 12.4. The standard InChI is InChI=1S/C14H22N2O/c1-3-16(9-12-5-4-6-12)14-8-13(10-17)7-11(2)15-14/h7-8,12,17H,3-6,9-10H2,1-2H3. The molecule has 17 heavy (non-hydrogen) atoms. The summed E-state index contributed by atoms with van der Waals surface area (Å²) < 4.78 is 0. The molecule has 0 amide bonds. The SMILES string of the molecule is CCN(CC1CCC1)c1cc(CO)cc(C)n1. The second-order valence-electron chi connectivity index (χ2n) is 4.97. The number of aryl methyl sites for hydroxylation is 1. The van der Waals surface area contributed by atoms with Gasteiger partial charge in [0.15, 0.2) is 0 Å². The van der Waals surface area contributed by atoms with Crippen molar-refractivity contribution in [2.45, 2.75) is 39.7 Å². The van der Waals surface area contributed by atoms with Crippen LogP contribution in [0.2, 0.25) is 0 Å². The van der Waals surface area contributed by atoms with Crippen LogP contribution in [-0.4, -0.2) is 23.2 Å². The molecule has 1 aromatic heterocycles. The van der Waals surface area contributed by atoms with Gasteiger partial charge in [-0.25, -0.2) is 4.98 Å². The van der Waals surface area contributed by atoms with Gasteiger partial charge < -0.3 is 10.0 Å². The van der Waals surface area contributed by atoms with Gasteiger partial charge >= 0.3 is 0 Å². The van der Waals surface area contributed by atoms with Crippen molar-refractivity contribution in [3.05, 3.63) is 23.4 Å². The van der Waals surface area contributed by atoms with Crippen LogP contribution in [0.5, 0.6) is 0 Å². The molecule has 1 saturated carbocycles. The Morgan fingerprint density at radius 1 is 1.41 bits per heavy atom. The van der Waals surface area contributed by atoms with Crippen LogP contribution >= 0.6 is 0 Å². The predicted octanol–water partition coefficient (Wildman–Crippen LogP) is 2.51. The number of hydrogen-bond donors (Lipinski definition) is 1. The van der Waals surface area contributed by atoms with Gasteiger partial charge in [-0.05, 0) is 50.3 Å². The van der Waals surface area contributed by atoms with Gasteiger partial charge in [0, 0.05) is 18.8 Å². The summed E-state index contributed by atoms with van der Waals surface area (Å²) in [4.78, 5) is 6.91. The first-order chi connectivity index (χ1) is 8.22. The second kappa shape index (κ2) is 5.50. The Bertz CT molecular complexity index is 374. The van der Waals surface area contributed by atoms with Crippen molar-refractivity contribution < 1.29 is 5.11 Å². The summed E-state index contributed by atoms with van der Waals surface area (Å²) in [5, 5.41) is 9.23. The quantitative estimate of drug-likeness (QED) is 0.850. The molecule has 1 aliphatic rings. The lowest BCUT2D eigenvalue weighted by atomic mass is 9.85. The normalized spacial score (nSPS) is 15.7. The molecule has 0 aromatic carbocycles. The summed E-state index contributed by atoms with van der Waals surface area (Å²) in [6, 6.07) is 3.95. The minimum atomic E-state index is 0.0946. The Labute approximate surface area is 103 Å². The molecule has 1 aliphatic carbocycles. The van der Waals surface area contributed by atoms with E-state index in [4.69, 9.17) is 0 Å². The van der Waals surface area contributed by atoms with Crippen LogP contribution in [0, 0.1) is 12.8 Å². The molecule has 0 radical (unpaired) electrons. The number of aliphatic hydroxyl groups is 1. The van der Waals surface area contributed by atoms with Gasteiger partial charge in [-0.2, -0.15) is 0 Å². The lowest BCUT2D eigenvalue weighted by molar-refractivity contribution is 0.281. The van der Waals surface area contributed by atoms with Crippen molar-refractivity contribution in [1.29, 1.82) is 0 Å². The lowest BCUT2D eigenvalue weighted by Crippen LogP contribution is -2.33. The molecule has 1 aromatic rings. The number of hydrogen-bond acceptors (Lipinski definition) is 3. The molecule has 0 saturated heterocycles. The molecule has 0 spiro atoms. The van der Waals surface area contributed by atoms with Crippen LogP contribution in [0.3, 0.4) is 0 Å². The highest BCUT2D eigenvalue weighted by atomic mass is 16.3. The predicted molar refractivity (Wildman–Crippen MR) is 70.1 cm³/mol.